The van der Waals surface area contributed by atoms with E-state index in [0.717, 1.165) is 28.4 Å². The maximum Gasteiger partial charge on any atom is 0.176 e. The minimum Gasteiger partial charge on any atom is -0.293 e. The van der Waals surface area contributed by atoms with Crippen molar-refractivity contribution in [2.45, 2.75) is 11.2 Å². The summed E-state index contributed by atoms with van der Waals surface area (Å²) in [5, 5.41) is 0.816. The van der Waals surface area contributed by atoms with Gasteiger partial charge in [-0.3, -0.25) is 4.79 Å². The van der Waals surface area contributed by atoms with E-state index < -0.39 is 0 Å². The molecule has 0 heterocycles. The Bertz CT molecular complexity index is 534. The molecule has 0 spiro atoms. The molecule has 98 valence electrons. The lowest BCUT2D eigenvalue weighted by atomic mass is 10.0. The first-order chi connectivity index (χ1) is 9.22. The molecular weight excluding hydrogens is 368 g/mol. The van der Waals surface area contributed by atoms with Crippen molar-refractivity contribution in [3.05, 3.63) is 60.2 Å². The average molecular weight is 382 g/mol. The lowest BCUT2D eigenvalue weighted by molar-refractivity contribution is 0.0990. The summed E-state index contributed by atoms with van der Waals surface area (Å²) < 4.78 is 0. The van der Waals surface area contributed by atoms with E-state index in [0.29, 0.717) is 0 Å². The quantitative estimate of drug-likeness (QED) is 0.521. The van der Waals surface area contributed by atoms with E-state index in [9.17, 15) is 4.79 Å². The summed E-state index contributed by atoms with van der Waals surface area (Å²) in [4.78, 5) is 12.0. The van der Waals surface area contributed by atoms with Gasteiger partial charge in [-0.05, 0) is 17.5 Å². The molecule has 1 atom stereocenters. The Morgan fingerprint density at radius 1 is 0.947 bits per heavy atom. The third-order valence-electron chi connectivity index (χ3n) is 2.92. The molecule has 3 heteroatoms. The van der Waals surface area contributed by atoms with Crippen molar-refractivity contribution in [1.29, 1.82) is 0 Å². The van der Waals surface area contributed by atoms with Crippen molar-refractivity contribution in [2.75, 3.05) is 5.33 Å². The Balaban J connectivity index is 2.17. The molecule has 2 aromatic carbocycles. The van der Waals surface area contributed by atoms with Crippen LogP contribution < -0.4 is 0 Å². The molecule has 0 saturated heterocycles. The largest absolute Gasteiger partial charge is 0.293 e. The fourth-order valence-corrected chi connectivity index (χ4v) is 3.43. The van der Waals surface area contributed by atoms with E-state index in [1.807, 2.05) is 42.5 Å². The standard InChI is InChI=1S/C16H14Br2O/c17-11-10-15(18)16(19)14-8-6-13(7-9-14)12-4-2-1-3-5-12/h1-9,15H,10-11H2. The molecule has 0 saturated carbocycles. The molecule has 1 unspecified atom stereocenters. The summed E-state index contributed by atoms with van der Waals surface area (Å²) in [6, 6.07) is 17.9. The van der Waals surface area contributed by atoms with Gasteiger partial charge < -0.3 is 0 Å². The number of benzene rings is 2. The SMILES string of the molecule is O=C(c1ccc(-c2ccccc2)cc1)C(Br)CCBr. The second-order valence-electron chi connectivity index (χ2n) is 4.25. The van der Waals surface area contributed by atoms with Crippen LogP contribution in [0.5, 0.6) is 0 Å². The molecule has 0 aliphatic rings. The predicted octanol–water partition coefficient (Wildman–Crippen LogP) is 5.08. The maximum atomic E-state index is 12.1. The third-order valence-corrected chi connectivity index (χ3v) is 4.26. The van der Waals surface area contributed by atoms with Gasteiger partial charge in [-0.15, -0.1) is 0 Å². The first-order valence-corrected chi connectivity index (χ1v) is 8.16. The van der Waals surface area contributed by atoms with Gasteiger partial charge in [0.25, 0.3) is 0 Å². The molecule has 1 nitrogen and oxygen atoms in total. The van der Waals surface area contributed by atoms with E-state index in [-0.39, 0.29) is 10.6 Å². The molecule has 0 aliphatic carbocycles. The van der Waals surface area contributed by atoms with Gasteiger partial charge in [0.2, 0.25) is 0 Å². The number of Topliss-reactive ketones (excluding diaryl/α,β-unsaturated/α-hetero) is 1. The van der Waals surface area contributed by atoms with Gasteiger partial charge in [-0.2, -0.15) is 0 Å². The molecular formula is C16H14Br2O. The number of carbonyl (C=O) groups excluding carboxylic acids is 1. The maximum absolute atomic E-state index is 12.1. The van der Waals surface area contributed by atoms with E-state index in [1.165, 1.54) is 0 Å². The van der Waals surface area contributed by atoms with Crippen molar-refractivity contribution < 1.29 is 4.79 Å². The number of halogens is 2. The van der Waals surface area contributed by atoms with Crippen LogP contribution in [-0.4, -0.2) is 15.9 Å². The van der Waals surface area contributed by atoms with E-state index >= 15 is 0 Å². The van der Waals surface area contributed by atoms with Crippen LogP contribution >= 0.6 is 31.9 Å². The fraction of sp³-hybridized carbons (Fsp3) is 0.188. The first kappa shape index (κ1) is 14.5. The summed E-state index contributed by atoms with van der Waals surface area (Å²) in [5.41, 5.74) is 3.05. The molecule has 0 amide bonds. The monoisotopic (exact) mass is 380 g/mol. The Hall–Kier alpha value is -0.930. The summed E-state index contributed by atoms with van der Waals surface area (Å²) in [6.07, 6.45) is 0.791. The van der Waals surface area contributed by atoms with Gasteiger partial charge in [0.05, 0.1) is 4.83 Å². The molecule has 0 N–H and O–H groups in total. The van der Waals surface area contributed by atoms with Gasteiger partial charge in [-0.25, -0.2) is 0 Å². The van der Waals surface area contributed by atoms with E-state index in [2.05, 4.69) is 44.0 Å². The Morgan fingerprint density at radius 2 is 1.53 bits per heavy atom. The lowest BCUT2D eigenvalue weighted by Gasteiger charge is -2.08. The van der Waals surface area contributed by atoms with Crippen LogP contribution in [0.3, 0.4) is 0 Å². The minimum absolute atomic E-state index is 0.116. The Labute approximate surface area is 130 Å². The number of hydrogen-bond donors (Lipinski definition) is 0. The molecule has 2 rings (SSSR count). The number of carbonyl (C=O) groups is 1. The highest BCUT2D eigenvalue weighted by molar-refractivity contribution is 9.10. The number of hydrogen-bond acceptors (Lipinski definition) is 1. The fourth-order valence-electron chi connectivity index (χ4n) is 1.87. The van der Waals surface area contributed by atoms with Crippen molar-refractivity contribution in [3.63, 3.8) is 0 Å². The topological polar surface area (TPSA) is 17.1 Å². The number of alkyl halides is 2. The molecule has 0 radical (unpaired) electrons. The highest BCUT2D eigenvalue weighted by Gasteiger charge is 2.15. The smallest absolute Gasteiger partial charge is 0.176 e. The molecule has 0 aromatic heterocycles. The van der Waals surface area contributed by atoms with Crippen LogP contribution in [0.25, 0.3) is 11.1 Å². The van der Waals surface area contributed by atoms with Crippen LogP contribution in [0.4, 0.5) is 0 Å². The first-order valence-electron chi connectivity index (χ1n) is 6.12. The zero-order valence-corrected chi connectivity index (χ0v) is 13.5. The Morgan fingerprint density at radius 3 is 2.11 bits per heavy atom. The predicted molar refractivity (Wildman–Crippen MR) is 87.3 cm³/mol. The van der Waals surface area contributed by atoms with Gasteiger partial charge in [0.15, 0.2) is 5.78 Å². The van der Waals surface area contributed by atoms with Gasteiger partial charge in [0, 0.05) is 10.9 Å². The molecule has 2 aromatic rings. The Kier molecular flexibility index (Phi) is 5.34. The average Bonchev–Trinajstić information content (AvgIpc) is 2.48. The van der Waals surface area contributed by atoms with Crippen molar-refractivity contribution >= 4 is 37.6 Å². The minimum atomic E-state index is -0.116. The van der Waals surface area contributed by atoms with Crippen molar-refractivity contribution in [2.24, 2.45) is 0 Å². The molecule has 0 aliphatic heterocycles. The second kappa shape index (κ2) is 7.01. The summed E-state index contributed by atoms with van der Waals surface area (Å²) in [7, 11) is 0. The summed E-state index contributed by atoms with van der Waals surface area (Å²) >= 11 is 6.77. The highest BCUT2D eigenvalue weighted by Crippen LogP contribution is 2.21. The van der Waals surface area contributed by atoms with Crippen LogP contribution in [0, 0.1) is 0 Å². The van der Waals surface area contributed by atoms with Crippen LogP contribution in [0.2, 0.25) is 0 Å². The molecule has 0 bridgehead atoms. The van der Waals surface area contributed by atoms with Crippen molar-refractivity contribution in [1.82, 2.24) is 0 Å². The number of ketones is 1. The molecule has 0 fully saturated rings. The van der Waals surface area contributed by atoms with Crippen LogP contribution in [0.1, 0.15) is 16.8 Å². The third kappa shape index (κ3) is 3.77. The van der Waals surface area contributed by atoms with E-state index in [4.69, 9.17) is 0 Å². The summed E-state index contributed by atoms with van der Waals surface area (Å²) in [6.45, 7) is 0. The highest BCUT2D eigenvalue weighted by atomic mass is 79.9. The van der Waals surface area contributed by atoms with Crippen LogP contribution in [0.15, 0.2) is 54.6 Å². The lowest BCUT2D eigenvalue weighted by Crippen LogP contribution is -2.14. The normalized spacial score (nSPS) is 12.1. The van der Waals surface area contributed by atoms with Gasteiger partial charge in [-0.1, -0.05) is 86.5 Å². The van der Waals surface area contributed by atoms with Crippen molar-refractivity contribution in [3.8, 4) is 11.1 Å². The zero-order valence-electron chi connectivity index (χ0n) is 10.4. The second-order valence-corrected chi connectivity index (χ2v) is 6.15. The number of rotatable bonds is 5. The van der Waals surface area contributed by atoms with Crippen LogP contribution in [-0.2, 0) is 0 Å². The van der Waals surface area contributed by atoms with Gasteiger partial charge >= 0.3 is 0 Å². The van der Waals surface area contributed by atoms with Gasteiger partial charge in [0.1, 0.15) is 0 Å². The molecule has 19 heavy (non-hydrogen) atoms. The summed E-state index contributed by atoms with van der Waals surface area (Å²) in [5.74, 6) is 0.138. The van der Waals surface area contributed by atoms with E-state index in [1.54, 1.807) is 0 Å². The zero-order chi connectivity index (χ0) is 13.7.